The number of aliphatic hydroxyl groups is 2. The van der Waals surface area contributed by atoms with Crippen LogP contribution in [0.15, 0.2) is 30.5 Å². The number of aryl methyl sites for hydroxylation is 1. The molecule has 0 aliphatic heterocycles. The van der Waals surface area contributed by atoms with Crippen LogP contribution in [-0.4, -0.2) is 37.8 Å². The molecule has 1 fully saturated rings. The molecule has 2 unspecified atom stereocenters. The number of thiazole rings is 1. The van der Waals surface area contributed by atoms with E-state index in [9.17, 15) is 15.0 Å². The summed E-state index contributed by atoms with van der Waals surface area (Å²) in [4.78, 5) is 15.5. The Hall–Kier alpha value is -1.47. The Morgan fingerprint density at radius 2 is 2.00 bits per heavy atom. The molecule has 1 aromatic heterocycles. The number of aliphatic hydroxyl groups excluding tert-OH is 2. The van der Waals surface area contributed by atoms with Crippen molar-refractivity contribution in [1.29, 1.82) is 0 Å². The third-order valence-corrected chi connectivity index (χ3v) is 7.83. The van der Waals surface area contributed by atoms with E-state index < -0.39 is 18.2 Å². The van der Waals surface area contributed by atoms with Gasteiger partial charge in [0.15, 0.2) is 0 Å². The normalized spacial score (nSPS) is 24.4. The molecular weight excluding hydrogens is 434 g/mol. The zero-order chi connectivity index (χ0) is 22.4. The Labute approximate surface area is 193 Å². The third-order valence-electron chi connectivity index (χ3n) is 6.29. The van der Waals surface area contributed by atoms with Gasteiger partial charge in [0.05, 0.1) is 23.4 Å². The highest BCUT2D eigenvalue weighted by Crippen LogP contribution is 2.45. The summed E-state index contributed by atoms with van der Waals surface area (Å²) in [7, 11) is 0. The average Bonchev–Trinajstić information content (AvgIpc) is 3.33. The zero-order valence-electron chi connectivity index (χ0n) is 17.9. The summed E-state index contributed by atoms with van der Waals surface area (Å²) in [5.41, 5.74) is 1.98. The number of aromatic carboxylic acids is 1. The minimum absolute atomic E-state index is 0.0281. The molecule has 3 rings (SSSR count). The Kier molecular flexibility index (Phi) is 8.90. The highest BCUT2D eigenvalue weighted by Gasteiger charge is 2.41. The van der Waals surface area contributed by atoms with Crippen LogP contribution in [0.5, 0.6) is 0 Å². The smallest absolute Gasteiger partial charge is 0.347 e. The first kappa shape index (κ1) is 24.2. The molecule has 0 radical (unpaired) electrons. The first-order valence-electron chi connectivity index (χ1n) is 11.2. The summed E-state index contributed by atoms with van der Waals surface area (Å²) in [6.07, 6.45) is 7.50. The van der Waals surface area contributed by atoms with Gasteiger partial charge in [-0.05, 0) is 49.1 Å². The van der Waals surface area contributed by atoms with Crippen LogP contribution in [-0.2, 0) is 6.42 Å². The van der Waals surface area contributed by atoms with Crippen molar-refractivity contribution < 1.29 is 20.1 Å². The molecule has 1 saturated carbocycles. The van der Waals surface area contributed by atoms with Gasteiger partial charge in [0.25, 0.3) is 0 Å². The maximum absolute atomic E-state index is 11.0. The lowest BCUT2D eigenvalue weighted by molar-refractivity contribution is 0.0702. The van der Waals surface area contributed by atoms with Crippen LogP contribution < -0.4 is 0 Å². The minimum atomic E-state index is -0.942. The zero-order valence-corrected chi connectivity index (χ0v) is 19.5. The van der Waals surface area contributed by atoms with Crippen molar-refractivity contribution in [1.82, 2.24) is 4.98 Å². The van der Waals surface area contributed by atoms with Gasteiger partial charge in [-0.3, -0.25) is 0 Å². The second-order valence-electron chi connectivity index (χ2n) is 8.50. The lowest BCUT2D eigenvalue weighted by Gasteiger charge is -2.24. The van der Waals surface area contributed by atoms with Gasteiger partial charge in [-0.2, -0.15) is 0 Å². The van der Waals surface area contributed by atoms with Crippen molar-refractivity contribution in [3.8, 4) is 0 Å². The number of hydrogen-bond acceptors (Lipinski definition) is 5. The van der Waals surface area contributed by atoms with Gasteiger partial charge in [0, 0.05) is 11.3 Å². The molecule has 3 N–H and O–H groups in total. The van der Waals surface area contributed by atoms with Gasteiger partial charge < -0.3 is 15.3 Å². The highest BCUT2D eigenvalue weighted by atomic mass is 35.5. The fourth-order valence-corrected chi connectivity index (χ4v) is 5.86. The molecule has 0 spiro atoms. The molecule has 170 valence electrons. The number of halogens is 1. The molecule has 31 heavy (non-hydrogen) atoms. The van der Waals surface area contributed by atoms with Crippen molar-refractivity contribution >= 4 is 28.9 Å². The number of rotatable bonds is 11. The van der Waals surface area contributed by atoms with Crippen LogP contribution in [0.1, 0.15) is 89.7 Å². The number of carboxylic acid groups (broad SMARTS) is 1. The van der Waals surface area contributed by atoms with Crippen LogP contribution >= 0.6 is 22.9 Å². The number of hydrogen-bond donors (Lipinski definition) is 3. The van der Waals surface area contributed by atoms with Crippen molar-refractivity contribution in [2.75, 3.05) is 0 Å². The van der Waals surface area contributed by atoms with Crippen LogP contribution in [0.3, 0.4) is 0 Å². The summed E-state index contributed by atoms with van der Waals surface area (Å²) in [5, 5.41) is 30.8. The molecular formula is C24H32ClNO4S. The molecule has 1 aliphatic rings. The molecule has 1 heterocycles. The van der Waals surface area contributed by atoms with E-state index in [1.165, 1.54) is 17.5 Å². The molecule has 0 amide bonds. The van der Waals surface area contributed by atoms with Gasteiger partial charge in [0.2, 0.25) is 0 Å². The Morgan fingerprint density at radius 3 is 2.65 bits per heavy atom. The Bertz CT molecular complexity index is 840. The SMILES string of the molecule is CCCCCC(O)c1ccc(C2[C@H](O)C[C@H](Cl)[C@@H]2CCCc2ncc(C(=O)O)s2)cc1. The monoisotopic (exact) mass is 465 g/mol. The fraction of sp³-hybridized carbons (Fsp3) is 0.583. The summed E-state index contributed by atoms with van der Waals surface area (Å²) < 4.78 is 0. The van der Waals surface area contributed by atoms with E-state index in [2.05, 4.69) is 11.9 Å². The van der Waals surface area contributed by atoms with E-state index >= 15 is 0 Å². The summed E-state index contributed by atoms with van der Waals surface area (Å²) in [6, 6.07) is 7.99. The number of alkyl halides is 1. The van der Waals surface area contributed by atoms with Gasteiger partial charge >= 0.3 is 5.97 Å². The Morgan fingerprint density at radius 1 is 1.26 bits per heavy atom. The van der Waals surface area contributed by atoms with E-state index in [1.54, 1.807) is 0 Å². The molecule has 2 aromatic rings. The summed E-state index contributed by atoms with van der Waals surface area (Å²) in [5.74, 6) is -0.821. The van der Waals surface area contributed by atoms with Gasteiger partial charge in [-0.25, -0.2) is 9.78 Å². The van der Waals surface area contributed by atoms with Gasteiger partial charge in [-0.1, -0.05) is 50.5 Å². The third kappa shape index (κ3) is 6.28. The number of benzene rings is 1. The van der Waals surface area contributed by atoms with Crippen LogP contribution in [0, 0.1) is 5.92 Å². The molecule has 0 bridgehead atoms. The predicted molar refractivity (Wildman–Crippen MR) is 124 cm³/mol. The molecule has 0 saturated heterocycles. The van der Waals surface area contributed by atoms with E-state index in [0.717, 1.165) is 54.7 Å². The van der Waals surface area contributed by atoms with Crippen LogP contribution in [0.2, 0.25) is 0 Å². The van der Waals surface area contributed by atoms with Crippen molar-refractivity contribution in [3.63, 3.8) is 0 Å². The van der Waals surface area contributed by atoms with Crippen LogP contribution in [0.25, 0.3) is 0 Å². The first-order valence-corrected chi connectivity index (χ1v) is 12.4. The van der Waals surface area contributed by atoms with Gasteiger partial charge in [0.1, 0.15) is 4.88 Å². The standard InChI is InChI=1S/C24H32ClNO4S/c1-2-3-4-7-19(27)15-9-11-16(12-10-15)23-17(18(25)13-20(23)28)6-5-8-22-26-14-21(31-22)24(29)30/h9-12,14,17-20,23,27-28H,2-8,13H2,1H3,(H,29,30)/t17-,18-,19?,20+,23?/m0/s1. The number of nitrogens with zero attached hydrogens (tertiary/aromatic N) is 1. The summed E-state index contributed by atoms with van der Waals surface area (Å²) in [6.45, 7) is 2.15. The van der Waals surface area contributed by atoms with E-state index in [1.807, 2.05) is 24.3 Å². The van der Waals surface area contributed by atoms with E-state index in [4.69, 9.17) is 16.7 Å². The second-order valence-corrected chi connectivity index (χ2v) is 10.2. The van der Waals surface area contributed by atoms with Crippen LogP contribution in [0.4, 0.5) is 0 Å². The molecule has 1 aliphatic carbocycles. The molecule has 1 aromatic carbocycles. The number of unbranched alkanes of at least 4 members (excludes halogenated alkanes) is 2. The first-order chi connectivity index (χ1) is 14.9. The molecule has 7 heteroatoms. The maximum Gasteiger partial charge on any atom is 0.347 e. The van der Waals surface area contributed by atoms with Crippen molar-refractivity contribution in [2.45, 2.75) is 81.8 Å². The van der Waals surface area contributed by atoms with E-state index in [0.29, 0.717) is 12.8 Å². The quantitative estimate of drug-likeness (QED) is 0.299. The molecule has 5 atom stereocenters. The van der Waals surface area contributed by atoms with Gasteiger partial charge in [-0.15, -0.1) is 22.9 Å². The lowest BCUT2D eigenvalue weighted by Crippen LogP contribution is -2.19. The minimum Gasteiger partial charge on any atom is -0.477 e. The van der Waals surface area contributed by atoms with Crippen molar-refractivity contribution in [3.05, 3.63) is 51.5 Å². The predicted octanol–water partition coefficient (Wildman–Crippen LogP) is 5.55. The average molecular weight is 466 g/mol. The topological polar surface area (TPSA) is 90.7 Å². The highest BCUT2D eigenvalue weighted by molar-refractivity contribution is 7.13. The summed E-state index contributed by atoms with van der Waals surface area (Å²) >= 11 is 7.82. The van der Waals surface area contributed by atoms with E-state index in [-0.39, 0.29) is 22.1 Å². The number of carboxylic acids is 1. The number of aromatic nitrogens is 1. The Balaban J connectivity index is 1.61. The lowest BCUT2D eigenvalue weighted by atomic mass is 9.84. The molecule has 5 nitrogen and oxygen atoms in total. The second kappa shape index (κ2) is 11.4. The number of carbonyl (C=O) groups is 1. The maximum atomic E-state index is 11.0. The van der Waals surface area contributed by atoms with Crippen molar-refractivity contribution in [2.24, 2.45) is 5.92 Å². The fourth-order valence-electron chi connectivity index (χ4n) is 4.60. The largest absolute Gasteiger partial charge is 0.477 e.